The zero-order valence-electron chi connectivity index (χ0n) is 26.1. The molecule has 2 aliphatic rings. The molecule has 6 N–H and O–H groups in total. The Morgan fingerprint density at radius 1 is 1.33 bits per heavy atom. The second-order valence-electron chi connectivity index (χ2n) is 11.9. The zero-order valence-corrected chi connectivity index (χ0v) is 27.7. The number of hydrogen-bond acceptors (Lipinski definition) is 13. The number of nitrogens with zero attached hydrogens (tertiary/aromatic N) is 5. The molecular formula is C31H30N8O8S2. The van der Waals surface area contributed by atoms with E-state index >= 15 is 0 Å². The first-order chi connectivity index (χ1) is 23.2. The molecule has 0 spiro atoms. The van der Waals surface area contributed by atoms with Crippen molar-refractivity contribution in [1.29, 1.82) is 5.41 Å². The number of fused-ring (bicyclic) bond motifs is 2. The number of carboxylic acids is 2. The second kappa shape index (κ2) is 12.8. The molecule has 4 aromatic rings. The Kier molecular flexibility index (Phi) is 8.76. The molecule has 1 amide bonds. The van der Waals surface area contributed by atoms with Crippen LogP contribution >= 0.6 is 23.1 Å². The second-order valence-corrected chi connectivity index (χ2v) is 13.9. The fourth-order valence-electron chi connectivity index (χ4n) is 5.48. The zero-order chi connectivity index (χ0) is 35.2. The lowest BCUT2D eigenvalue weighted by molar-refractivity contribution is -0.687. The summed E-state index contributed by atoms with van der Waals surface area (Å²) in [6.45, 7) is 3.11. The van der Waals surface area contributed by atoms with E-state index in [1.165, 1.54) is 37.3 Å². The van der Waals surface area contributed by atoms with Crippen LogP contribution in [0.3, 0.4) is 0 Å². The highest BCUT2D eigenvalue weighted by molar-refractivity contribution is 8.00. The lowest BCUT2D eigenvalue weighted by Gasteiger charge is -2.50. The standard InChI is InChI=1S/C31H30N8O8S2/c1-31(2,29(44)45)47-36-23(20-14-49-30(34)35-20)22(40)8-19-26(41)39-24(28(42)43)17(13-48-27(19)39)10-37-5-4-21-15(9-37)3-6-38(21)11-18-7-16(12-46-18)25(32)33/h3-7,9,12,14,19,27H,8,10-11,13H2,1-2H3,(H6-,32,33,34,35,42,43,44,45)/b36-23-/t19-,27-/m1/s1. The highest BCUT2D eigenvalue weighted by Gasteiger charge is 2.53. The van der Waals surface area contributed by atoms with Crippen molar-refractivity contribution < 1.29 is 43.2 Å². The van der Waals surface area contributed by atoms with Crippen molar-refractivity contribution in [2.24, 2.45) is 16.8 Å². The molecule has 2 atom stereocenters. The molecular weight excluding hydrogens is 677 g/mol. The van der Waals surface area contributed by atoms with Crippen molar-refractivity contribution in [2.45, 2.75) is 44.3 Å². The number of carboxylic acid groups (broad SMARTS) is 2. The number of anilines is 1. The maximum absolute atomic E-state index is 13.4. The fourth-order valence-corrected chi connectivity index (χ4v) is 7.43. The van der Waals surface area contributed by atoms with E-state index < -0.39 is 40.5 Å². The number of nitrogens with one attached hydrogen (secondary N) is 1. The van der Waals surface area contributed by atoms with Crippen LogP contribution < -0.4 is 21.1 Å². The van der Waals surface area contributed by atoms with Crippen molar-refractivity contribution in [3.05, 3.63) is 76.7 Å². The van der Waals surface area contributed by atoms with Gasteiger partial charge in [0, 0.05) is 35.4 Å². The van der Waals surface area contributed by atoms with Gasteiger partial charge < -0.3 is 40.3 Å². The molecule has 0 saturated carbocycles. The van der Waals surface area contributed by atoms with Crippen LogP contribution in [0.15, 0.2) is 69.3 Å². The number of ketones is 1. The van der Waals surface area contributed by atoms with E-state index in [-0.39, 0.29) is 46.8 Å². The third-order valence-corrected chi connectivity index (χ3v) is 10.2. The van der Waals surface area contributed by atoms with E-state index in [0.717, 1.165) is 27.1 Å². The number of amides is 1. The maximum atomic E-state index is 13.4. The number of hydrogen-bond donors (Lipinski definition) is 4. The maximum Gasteiger partial charge on any atom is 0.350 e. The molecule has 0 radical (unpaired) electrons. The highest BCUT2D eigenvalue weighted by Crippen LogP contribution is 2.45. The molecule has 2 aliphatic heterocycles. The lowest BCUT2D eigenvalue weighted by Crippen LogP contribution is -2.63. The van der Waals surface area contributed by atoms with Gasteiger partial charge in [-0.1, -0.05) is 5.16 Å². The minimum absolute atomic E-state index is 0.0682. The normalized spacial score (nSPS) is 18.0. The van der Waals surface area contributed by atoms with Crippen LogP contribution in [0.1, 0.15) is 37.3 Å². The number of nitrogen functional groups attached to an aromatic ring is 2. The predicted molar refractivity (Wildman–Crippen MR) is 175 cm³/mol. The van der Waals surface area contributed by atoms with Crippen molar-refractivity contribution >= 4 is 74.3 Å². The van der Waals surface area contributed by atoms with Gasteiger partial charge in [0.05, 0.1) is 46.0 Å². The van der Waals surface area contributed by atoms with Crippen LogP contribution in [0, 0.1) is 11.3 Å². The van der Waals surface area contributed by atoms with E-state index in [9.17, 15) is 29.4 Å². The molecule has 0 bridgehead atoms. The number of nitrogens with two attached hydrogens (primary N) is 2. The van der Waals surface area contributed by atoms with Crippen LogP contribution in [-0.4, -0.2) is 71.5 Å². The molecule has 1 saturated heterocycles. The van der Waals surface area contributed by atoms with Crippen LogP contribution in [-0.2, 0) is 37.1 Å². The number of β-lactam (4-membered cyclic amide) rings is 1. The van der Waals surface area contributed by atoms with E-state index in [1.54, 1.807) is 12.3 Å². The SMILES string of the molecule is CC(C)(O/N=C(\C(=O)C[C@@H]1C(=O)N2C(C(=O)[O-])=C(C[n+]3ccc4c(ccn4Cc4cc(C(=N)N)co4)c3)CS[C@H]12)c1csc(N)n1)C(=O)O. The molecule has 16 nitrogen and oxygen atoms in total. The number of pyridine rings is 1. The number of oxime groups is 1. The lowest BCUT2D eigenvalue weighted by atomic mass is 9.89. The molecule has 6 heterocycles. The van der Waals surface area contributed by atoms with Crippen molar-refractivity contribution in [3.8, 4) is 0 Å². The van der Waals surface area contributed by atoms with Gasteiger partial charge in [0.1, 0.15) is 23.6 Å². The molecule has 49 heavy (non-hydrogen) atoms. The van der Waals surface area contributed by atoms with Crippen LogP contribution in [0.5, 0.6) is 0 Å². The number of aromatic nitrogens is 3. The summed E-state index contributed by atoms with van der Waals surface area (Å²) < 4.78 is 9.31. The van der Waals surface area contributed by atoms with Crippen LogP contribution in [0.4, 0.5) is 5.13 Å². The Balaban J connectivity index is 1.18. The average molecular weight is 707 g/mol. The summed E-state index contributed by atoms with van der Waals surface area (Å²) in [7, 11) is 0. The molecule has 254 valence electrons. The molecule has 0 aromatic carbocycles. The van der Waals surface area contributed by atoms with Crippen LogP contribution in [0.25, 0.3) is 10.9 Å². The van der Waals surface area contributed by atoms with Gasteiger partial charge in [0.25, 0.3) is 0 Å². The summed E-state index contributed by atoms with van der Waals surface area (Å²) in [5, 5.41) is 35.0. The summed E-state index contributed by atoms with van der Waals surface area (Å²) in [6.07, 6.45) is 6.65. The number of thiazole rings is 1. The Morgan fingerprint density at radius 3 is 2.76 bits per heavy atom. The van der Waals surface area contributed by atoms with Gasteiger partial charge in [-0.2, -0.15) is 0 Å². The number of amidine groups is 1. The first kappa shape index (κ1) is 33.4. The van der Waals surface area contributed by atoms with Gasteiger partial charge in [-0.05, 0) is 26.0 Å². The highest BCUT2D eigenvalue weighted by atomic mass is 32.2. The summed E-state index contributed by atoms with van der Waals surface area (Å²) >= 11 is 2.37. The Hall–Kier alpha value is -5.49. The molecule has 18 heteroatoms. The number of thioether (sulfide) groups is 1. The van der Waals surface area contributed by atoms with Gasteiger partial charge in [-0.3, -0.25) is 19.9 Å². The van der Waals surface area contributed by atoms with Crippen LogP contribution in [0.2, 0.25) is 0 Å². The summed E-state index contributed by atoms with van der Waals surface area (Å²) in [5.74, 6) is -4.07. The Labute approximate surface area is 286 Å². The first-order valence-electron chi connectivity index (χ1n) is 14.8. The van der Waals surface area contributed by atoms with E-state index in [0.29, 0.717) is 23.4 Å². The molecule has 4 aromatic heterocycles. The quantitative estimate of drug-likeness (QED) is 0.0493. The third kappa shape index (κ3) is 6.51. The number of rotatable bonds is 13. The Bertz CT molecular complexity index is 2090. The van der Waals surface area contributed by atoms with Gasteiger partial charge >= 0.3 is 5.97 Å². The summed E-state index contributed by atoms with van der Waals surface area (Å²) in [6, 6.07) is 5.50. The first-order valence-corrected chi connectivity index (χ1v) is 16.7. The van der Waals surface area contributed by atoms with Crippen molar-refractivity contribution in [1.82, 2.24) is 14.5 Å². The molecule has 0 aliphatic carbocycles. The van der Waals surface area contributed by atoms with Gasteiger partial charge in [-0.25, -0.2) is 14.3 Å². The topological polar surface area (TPSA) is 247 Å². The predicted octanol–water partition coefficient (Wildman–Crippen LogP) is 0.671. The average Bonchev–Trinajstić information content (AvgIpc) is 3.80. The molecule has 1 fully saturated rings. The largest absolute Gasteiger partial charge is 0.543 e. The van der Waals surface area contributed by atoms with Gasteiger partial charge in [0.2, 0.25) is 11.5 Å². The Morgan fingerprint density at radius 2 is 2.10 bits per heavy atom. The molecule has 0 unspecified atom stereocenters. The monoisotopic (exact) mass is 706 g/mol. The minimum atomic E-state index is -1.76. The van der Waals surface area contributed by atoms with E-state index in [1.807, 2.05) is 33.7 Å². The fraction of sp³-hybridized carbons (Fsp3) is 0.290. The minimum Gasteiger partial charge on any atom is -0.543 e. The van der Waals surface area contributed by atoms with Gasteiger partial charge in [0.15, 0.2) is 35.6 Å². The number of carbonyl (C=O) groups excluding carboxylic acids is 3. The van der Waals surface area contributed by atoms with Crippen molar-refractivity contribution in [2.75, 3.05) is 11.5 Å². The van der Waals surface area contributed by atoms with E-state index in [4.69, 9.17) is 26.1 Å². The summed E-state index contributed by atoms with van der Waals surface area (Å²) in [5.41, 5.74) is 10.9. The number of carbonyl (C=O) groups is 4. The van der Waals surface area contributed by atoms with E-state index in [2.05, 4.69) is 10.1 Å². The molecule has 6 rings (SSSR count). The van der Waals surface area contributed by atoms with Crippen molar-refractivity contribution in [3.63, 3.8) is 0 Å². The summed E-state index contributed by atoms with van der Waals surface area (Å²) in [4.78, 5) is 61.1. The number of furan rings is 1. The number of aliphatic carboxylic acids is 2. The number of Topliss-reactive ketones (excluding diaryl/α,β-unsaturated/α-hetero) is 1. The third-order valence-electron chi connectivity index (χ3n) is 8.10. The smallest absolute Gasteiger partial charge is 0.350 e. The van der Waals surface area contributed by atoms with Gasteiger partial charge in [-0.15, -0.1) is 23.1 Å².